The molecule has 1 aliphatic rings. The molecule has 0 aromatic rings. The van der Waals surface area contributed by atoms with Crippen molar-refractivity contribution in [3.8, 4) is 0 Å². The fourth-order valence-electron chi connectivity index (χ4n) is 1.83. The molecule has 58 valence electrons. The van der Waals surface area contributed by atoms with Crippen LogP contribution in [-0.4, -0.2) is 0 Å². The van der Waals surface area contributed by atoms with Crippen molar-refractivity contribution >= 4 is 0 Å². The summed E-state index contributed by atoms with van der Waals surface area (Å²) in [4.78, 5) is 0. The highest BCUT2D eigenvalue weighted by Crippen LogP contribution is 2.46. The van der Waals surface area contributed by atoms with Gasteiger partial charge in [0.1, 0.15) is 0 Å². The van der Waals surface area contributed by atoms with Crippen LogP contribution < -0.4 is 0 Å². The van der Waals surface area contributed by atoms with Crippen molar-refractivity contribution in [3.05, 3.63) is 12.2 Å². The number of hydrogen-bond donors (Lipinski definition) is 0. The molecule has 0 nitrogen and oxygen atoms in total. The van der Waals surface area contributed by atoms with Crippen LogP contribution in [0.5, 0.6) is 0 Å². The van der Waals surface area contributed by atoms with E-state index in [1.807, 2.05) is 0 Å². The predicted octanol–water partition coefficient (Wildman–Crippen LogP) is 3.24. The van der Waals surface area contributed by atoms with Gasteiger partial charge in [0.05, 0.1) is 0 Å². The fraction of sp³-hybridized carbons (Fsp3) is 0.800. The Morgan fingerprint density at radius 1 is 1.60 bits per heavy atom. The second kappa shape index (κ2) is 3.23. The van der Waals surface area contributed by atoms with Gasteiger partial charge in [-0.1, -0.05) is 32.4 Å². The van der Waals surface area contributed by atoms with Gasteiger partial charge < -0.3 is 0 Å². The summed E-state index contributed by atoms with van der Waals surface area (Å²) in [7, 11) is 0. The van der Waals surface area contributed by atoms with E-state index in [1.54, 1.807) is 0 Å². The summed E-state index contributed by atoms with van der Waals surface area (Å²) in [6, 6.07) is 0. The number of allylic oxidation sites excluding steroid dienone is 2. The van der Waals surface area contributed by atoms with Gasteiger partial charge in [-0.3, -0.25) is 0 Å². The lowest BCUT2D eigenvalue weighted by Gasteiger charge is -2.02. The van der Waals surface area contributed by atoms with Gasteiger partial charge >= 0.3 is 0 Å². The normalized spacial score (nSPS) is 34.7. The van der Waals surface area contributed by atoms with Gasteiger partial charge in [-0.25, -0.2) is 0 Å². The van der Waals surface area contributed by atoms with Crippen LogP contribution in [0.25, 0.3) is 0 Å². The molecule has 0 heteroatoms. The van der Waals surface area contributed by atoms with E-state index in [4.69, 9.17) is 0 Å². The second-order valence-electron chi connectivity index (χ2n) is 3.45. The molecule has 1 saturated carbocycles. The number of rotatable bonds is 3. The van der Waals surface area contributed by atoms with Crippen molar-refractivity contribution < 1.29 is 0 Å². The van der Waals surface area contributed by atoms with E-state index in [1.165, 1.54) is 12.8 Å². The highest BCUT2D eigenvalue weighted by Gasteiger charge is 2.37. The lowest BCUT2D eigenvalue weighted by molar-refractivity contribution is 0.559. The molecule has 0 radical (unpaired) electrons. The molecule has 0 N–H and O–H groups in total. The number of hydrogen-bond acceptors (Lipinski definition) is 0. The van der Waals surface area contributed by atoms with E-state index in [9.17, 15) is 0 Å². The zero-order valence-electron chi connectivity index (χ0n) is 7.30. The second-order valence-corrected chi connectivity index (χ2v) is 3.45. The van der Waals surface area contributed by atoms with E-state index in [-0.39, 0.29) is 0 Å². The Labute approximate surface area is 64.3 Å². The molecule has 0 amide bonds. The topological polar surface area (TPSA) is 0 Å². The van der Waals surface area contributed by atoms with Gasteiger partial charge in [0.2, 0.25) is 0 Å². The lowest BCUT2D eigenvalue weighted by atomic mass is 10.0. The van der Waals surface area contributed by atoms with Crippen LogP contribution in [0.3, 0.4) is 0 Å². The maximum absolute atomic E-state index is 2.33. The molecule has 0 aromatic heterocycles. The Balaban J connectivity index is 2.25. The summed E-state index contributed by atoms with van der Waals surface area (Å²) in [6.45, 7) is 6.74. The monoisotopic (exact) mass is 138 g/mol. The van der Waals surface area contributed by atoms with Gasteiger partial charge in [-0.2, -0.15) is 0 Å². The van der Waals surface area contributed by atoms with Gasteiger partial charge in [0, 0.05) is 0 Å². The molecule has 0 aliphatic heterocycles. The van der Waals surface area contributed by atoms with Gasteiger partial charge in [0.25, 0.3) is 0 Å². The molecule has 10 heavy (non-hydrogen) atoms. The summed E-state index contributed by atoms with van der Waals surface area (Å²) in [5.74, 6) is 2.89. The zero-order chi connectivity index (χ0) is 7.56. The van der Waals surface area contributed by atoms with Crippen LogP contribution in [-0.2, 0) is 0 Å². The highest BCUT2D eigenvalue weighted by atomic mass is 14.4. The Morgan fingerprint density at radius 2 is 2.30 bits per heavy atom. The van der Waals surface area contributed by atoms with E-state index >= 15 is 0 Å². The predicted molar refractivity (Wildman–Crippen MR) is 45.9 cm³/mol. The molecular weight excluding hydrogens is 120 g/mol. The molecule has 0 aromatic carbocycles. The lowest BCUT2D eigenvalue weighted by Crippen LogP contribution is -1.93. The molecule has 0 spiro atoms. The smallest absolute Gasteiger partial charge is 0.0231 e. The van der Waals surface area contributed by atoms with Crippen molar-refractivity contribution in [1.29, 1.82) is 0 Å². The SMILES string of the molecule is CC=CC(C)C1CC1CC. The first kappa shape index (κ1) is 7.84. The average molecular weight is 138 g/mol. The molecule has 3 atom stereocenters. The van der Waals surface area contributed by atoms with Crippen molar-refractivity contribution in [2.24, 2.45) is 17.8 Å². The Morgan fingerprint density at radius 3 is 2.70 bits per heavy atom. The third-order valence-electron chi connectivity index (χ3n) is 2.67. The van der Waals surface area contributed by atoms with E-state index in [2.05, 4.69) is 32.9 Å². The van der Waals surface area contributed by atoms with Gasteiger partial charge in [-0.05, 0) is 31.1 Å². The maximum Gasteiger partial charge on any atom is -0.0231 e. The Kier molecular flexibility index (Phi) is 2.53. The summed E-state index contributed by atoms with van der Waals surface area (Å²) in [6.07, 6.45) is 7.37. The summed E-state index contributed by atoms with van der Waals surface area (Å²) >= 11 is 0. The standard InChI is InChI=1S/C10H18/c1-4-6-8(3)10-7-9(10)5-2/h4,6,8-10H,5,7H2,1-3H3. The van der Waals surface area contributed by atoms with Crippen LogP contribution >= 0.6 is 0 Å². The van der Waals surface area contributed by atoms with Crippen molar-refractivity contribution in [1.82, 2.24) is 0 Å². The molecule has 1 aliphatic carbocycles. The zero-order valence-corrected chi connectivity index (χ0v) is 7.30. The summed E-state index contributed by atoms with van der Waals surface area (Å²) in [5, 5.41) is 0. The first-order valence-electron chi connectivity index (χ1n) is 4.42. The third kappa shape index (κ3) is 1.62. The Hall–Kier alpha value is -0.260. The third-order valence-corrected chi connectivity index (χ3v) is 2.67. The molecule has 0 saturated heterocycles. The highest BCUT2D eigenvalue weighted by molar-refractivity contribution is 4.97. The van der Waals surface area contributed by atoms with Crippen molar-refractivity contribution in [2.75, 3.05) is 0 Å². The summed E-state index contributed by atoms with van der Waals surface area (Å²) < 4.78 is 0. The van der Waals surface area contributed by atoms with Crippen LogP contribution in [0.1, 0.15) is 33.6 Å². The molecule has 0 heterocycles. The van der Waals surface area contributed by atoms with E-state index in [0.717, 1.165) is 17.8 Å². The Bertz CT molecular complexity index is 124. The van der Waals surface area contributed by atoms with E-state index in [0.29, 0.717) is 0 Å². The molecule has 1 fully saturated rings. The van der Waals surface area contributed by atoms with Crippen LogP contribution in [0.4, 0.5) is 0 Å². The maximum atomic E-state index is 2.33. The van der Waals surface area contributed by atoms with Crippen LogP contribution in [0.15, 0.2) is 12.2 Å². The van der Waals surface area contributed by atoms with Crippen LogP contribution in [0.2, 0.25) is 0 Å². The van der Waals surface area contributed by atoms with Gasteiger partial charge in [0.15, 0.2) is 0 Å². The molecular formula is C10H18. The van der Waals surface area contributed by atoms with Crippen LogP contribution in [0, 0.1) is 17.8 Å². The van der Waals surface area contributed by atoms with Crippen molar-refractivity contribution in [3.63, 3.8) is 0 Å². The first-order chi connectivity index (χ1) is 4.79. The quantitative estimate of drug-likeness (QED) is 0.525. The molecule has 0 bridgehead atoms. The minimum Gasteiger partial charge on any atom is -0.0914 e. The summed E-state index contributed by atoms with van der Waals surface area (Å²) in [5.41, 5.74) is 0. The fourth-order valence-corrected chi connectivity index (χ4v) is 1.83. The van der Waals surface area contributed by atoms with Gasteiger partial charge in [-0.15, -0.1) is 0 Å². The average Bonchev–Trinajstić information content (AvgIpc) is 2.66. The molecule has 3 unspecified atom stereocenters. The van der Waals surface area contributed by atoms with E-state index < -0.39 is 0 Å². The first-order valence-corrected chi connectivity index (χ1v) is 4.42. The van der Waals surface area contributed by atoms with Crippen molar-refractivity contribution in [2.45, 2.75) is 33.6 Å². The minimum atomic E-state index is 0.829. The minimum absolute atomic E-state index is 0.829. The largest absolute Gasteiger partial charge is 0.0914 e. The molecule has 1 rings (SSSR count).